The Morgan fingerprint density at radius 3 is 1.14 bits per heavy atom. The predicted molar refractivity (Wildman–Crippen MR) is 367 cm³/mol. The number of halogens is 4. The normalized spacial score (nSPS) is 14.9. The Morgan fingerprint density at radius 2 is 0.726 bits per heavy atom. The molecule has 394 valence electrons. The monoisotopic (exact) mass is 1380 g/mol. The average molecular weight is 1380 g/mol. The summed E-state index contributed by atoms with van der Waals surface area (Å²) in [5.74, 6) is 0. The number of fused-ring (bicyclic) bond motifs is 8. The van der Waals surface area contributed by atoms with E-state index in [1.807, 2.05) is 12.1 Å². The number of hydrogen-bond donors (Lipinski definition) is 1. The van der Waals surface area contributed by atoms with Crippen LogP contribution in [0.5, 0.6) is 0 Å². The minimum absolute atomic E-state index is 0.168. The van der Waals surface area contributed by atoms with Gasteiger partial charge in [-0.15, -0.1) is 0 Å². The number of rotatable bonds is 9. The first-order chi connectivity index (χ1) is 41.1. The molecule has 84 heavy (non-hydrogen) atoms. The molecule has 9 heteroatoms. The van der Waals surface area contributed by atoms with Gasteiger partial charge in [0.05, 0.1) is 0 Å². The molecule has 0 fully saturated rings. The molecule has 0 radical (unpaired) electrons. The summed E-state index contributed by atoms with van der Waals surface area (Å²) in [5, 5.41) is 17.9. The number of hydrogen-bond acceptors (Lipinski definition) is 2. The van der Waals surface area contributed by atoms with E-state index in [4.69, 9.17) is 16.6 Å². The molecule has 3 heterocycles. The Balaban J connectivity index is 0.962. The first-order valence-corrected chi connectivity index (χ1v) is 32.1. The molecule has 0 spiro atoms. The maximum absolute atomic E-state index is 9.51. The number of aromatic amines is 1. The molecule has 0 atom stereocenters. The Morgan fingerprint density at radius 1 is 0.393 bits per heavy atom. The van der Waals surface area contributed by atoms with E-state index in [-0.39, 0.29) is 5.70 Å². The topological polar surface area (TPSA) is 64.3 Å². The number of nitrogens with one attached hydrogen (secondary N) is 2. The van der Waals surface area contributed by atoms with Crippen molar-refractivity contribution in [3.8, 4) is 0 Å². The second kappa shape index (κ2) is 21.3. The first kappa shape index (κ1) is 52.8. The van der Waals surface area contributed by atoms with Crippen LogP contribution in [0.4, 0.5) is 0 Å². The summed E-state index contributed by atoms with van der Waals surface area (Å²) in [5.41, 5.74) is 21.1. The first-order valence-electron chi connectivity index (χ1n) is 27.5. The third-order valence-corrected chi connectivity index (χ3v) is 21.3. The van der Waals surface area contributed by atoms with Crippen LogP contribution < -0.4 is 0 Å². The van der Waals surface area contributed by atoms with Crippen molar-refractivity contribution in [2.24, 2.45) is 9.98 Å². The van der Waals surface area contributed by atoms with Crippen molar-refractivity contribution in [3.63, 3.8) is 0 Å². The second-order valence-corrected chi connectivity index (χ2v) is 25.8. The molecule has 15 rings (SSSR count). The molecule has 0 saturated carbocycles. The van der Waals surface area contributed by atoms with E-state index in [1.54, 1.807) is 0 Å². The predicted octanol–water partition coefficient (Wildman–Crippen LogP) is 22.1. The van der Waals surface area contributed by atoms with Gasteiger partial charge in [-0.1, -0.05) is 78.4 Å². The summed E-state index contributed by atoms with van der Waals surface area (Å²) in [6.45, 7) is 6.35. The van der Waals surface area contributed by atoms with Crippen molar-refractivity contribution in [3.05, 3.63) is 318 Å². The van der Waals surface area contributed by atoms with Gasteiger partial charge in [0.25, 0.3) is 0 Å². The van der Waals surface area contributed by atoms with E-state index >= 15 is 0 Å². The van der Waals surface area contributed by atoms with Crippen molar-refractivity contribution >= 4 is 182 Å². The van der Waals surface area contributed by atoms with Crippen LogP contribution in [0.2, 0.25) is 0 Å². The summed E-state index contributed by atoms with van der Waals surface area (Å²) >= 11 is 17.3. The molecule has 0 aliphatic carbocycles. The van der Waals surface area contributed by atoms with Crippen LogP contribution in [0.25, 0.3) is 109 Å². The molecule has 0 amide bonds. The third-order valence-electron chi connectivity index (χ3n) is 16.4. The van der Waals surface area contributed by atoms with Crippen molar-refractivity contribution in [1.29, 1.82) is 0 Å². The standard InChI is InChI=1S/C75H42Br4N4.Zn/c1-2-59(80)69(56-28-12-21-47-38-43-16-4-8-25-53(43)73(77)66(47)56)60-33-34-63(82-60)71(58-30-14-23-49-40-45-18-6-10-27-55(45)75(79)68(49)58)64-36-35-62(83-64)70(57-29-13-22-48-39-44-17-5-9-26-54(44)74(78)67(48)57)61-32-31-51(81-61)41-50-20-11-19-46-37-42-15-3-7-24-52(42)72(76)65(46)50;/h1-40,80,83H;/q-2;/b69-59-,70-61-,71-63-;. The maximum atomic E-state index is 9.51. The molecule has 2 aliphatic heterocycles. The van der Waals surface area contributed by atoms with Crippen molar-refractivity contribution in [1.82, 2.24) is 4.98 Å². The Labute approximate surface area is 527 Å². The summed E-state index contributed by atoms with van der Waals surface area (Å²) in [7, 11) is 0. The zero-order chi connectivity index (χ0) is 56.9. The molecule has 1 aromatic heterocycles. The van der Waals surface area contributed by atoms with E-state index in [2.05, 4.69) is 287 Å². The quantitative estimate of drug-likeness (QED) is 0.0648. The van der Waals surface area contributed by atoms with Crippen LogP contribution in [0, 0.1) is 6.58 Å². The molecule has 4 nitrogen and oxygen atoms in total. The van der Waals surface area contributed by atoms with Gasteiger partial charge in [-0.3, -0.25) is 18.4 Å². The zero-order valence-electron chi connectivity index (χ0n) is 44.7. The molecule has 12 aromatic carbocycles. The average Bonchev–Trinajstić information content (AvgIpc) is 2.92. The van der Waals surface area contributed by atoms with Gasteiger partial charge in [0.2, 0.25) is 0 Å². The van der Waals surface area contributed by atoms with Crippen LogP contribution in [-0.2, 0) is 17.9 Å². The number of nitrogens with zero attached hydrogens (tertiary/aromatic N) is 2. The molecule has 0 saturated heterocycles. The van der Waals surface area contributed by atoms with Gasteiger partial charge in [0.15, 0.2) is 0 Å². The van der Waals surface area contributed by atoms with Crippen molar-refractivity contribution in [2.45, 2.75) is 0 Å². The SMILES string of the molecule is [CH-]=C/C([NH-])=C(C1=N/C(=C(\c2ccc(/C(=C3/C=CC([C](=[Zn])c4cccc5cc6ccccc6c(Br)c45)=N3)c3cccc4cc5ccccc5c(Br)c34)[nH]2)c2cccc3cc4ccccc4c(Br)c23)C=C1)\c1cccc2cc3ccccc3c(Br)c12. The molecular weight excluding hydrogens is 1340 g/mol. The summed E-state index contributed by atoms with van der Waals surface area (Å²) in [6.07, 6.45) is 9.85. The van der Waals surface area contributed by atoms with E-state index in [1.165, 1.54) is 37.3 Å². The number of aromatic nitrogens is 1. The molecule has 13 aromatic rings. The summed E-state index contributed by atoms with van der Waals surface area (Å²) in [4.78, 5) is 15.3. The van der Waals surface area contributed by atoms with Crippen molar-refractivity contribution in [2.75, 3.05) is 0 Å². The van der Waals surface area contributed by atoms with Crippen LogP contribution in [-0.4, -0.2) is 20.5 Å². The number of allylic oxidation sites excluding steroid dienone is 6. The Kier molecular flexibility index (Phi) is 13.4. The molecule has 0 unspecified atom stereocenters. The number of H-pyrrole nitrogens is 1. The van der Waals surface area contributed by atoms with Crippen LogP contribution >= 0.6 is 63.7 Å². The zero-order valence-corrected chi connectivity index (χ0v) is 54.0. The fourth-order valence-electron chi connectivity index (χ4n) is 12.6. The summed E-state index contributed by atoms with van der Waals surface area (Å²) in [6, 6.07) is 73.3. The fraction of sp³-hybridized carbons (Fsp3) is 0. The molecule has 2 aliphatic rings. The second-order valence-electron chi connectivity index (χ2n) is 21.2. The van der Waals surface area contributed by atoms with Gasteiger partial charge in [-0.2, -0.15) is 0 Å². The minimum atomic E-state index is 0.168. The van der Waals surface area contributed by atoms with Gasteiger partial charge < -0.3 is 5.73 Å². The smallest absolute Gasteiger partial charge is 0.0616 e. The van der Waals surface area contributed by atoms with Gasteiger partial charge in [-0.25, -0.2) is 0 Å². The van der Waals surface area contributed by atoms with Crippen LogP contribution in [0.1, 0.15) is 33.6 Å². The van der Waals surface area contributed by atoms with Crippen molar-refractivity contribution < 1.29 is 17.9 Å². The van der Waals surface area contributed by atoms with Gasteiger partial charge in [-0.05, 0) is 76.5 Å². The number of benzene rings is 12. The number of aliphatic imine (C=N–C) groups is 2. The third kappa shape index (κ3) is 8.69. The van der Waals surface area contributed by atoms with E-state index in [9.17, 15) is 5.73 Å². The van der Waals surface area contributed by atoms with Crippen LogP contribution in [0.3, 0.4) is 0 Å². The minimum Gasteiger partial charge on any atom is -0.0616 e. The van der Waals surface area contributed by atoms with Gasteiger partial charge in [0.1, 0.15) is 0 Å². The van der Waals surface area contributed by atoms with Gasteiger partial charge >= 0.3 is 344 Å². The molecule has 0 bridgehead atoms. The Hall–Kier alpha value is -8.01. The fourth-order valence-corrected chi connectivity index (χ4v) is 16.8. The van der Waals surface area contributed by atoms with E-state index < -0.39 is 0 Å². The van der Waals surface area contributed by atoms with Gasteiger partial charge in [0, 0.05) is 9.86 Å². The molecular formula is C75H42Br4N4Zn-2. The Bertz CT molecular complexity index is 5360. The van der Waals surface area contributed by atoms with E-state index in [0.29, 0.717) is 11.3 Å². The molecule has 2 N–H and O–H groups in total. The van der Waals surface area contributed by atoms with Crippen LogP contribution in [0.15, 0.2) is 282 Å². The summed E-state index contributed by atoms with van der Waals surface area (Å²) < 4.78 is 5.26. The van der Waals surface area contributed by atoms with E-state index in [0.717, 1.165) is 157 Å².